The van der Waals surface area contributed by atoms with Crippen LogP contribution in [0.1, 0.15) is 73.6 Å². The number of carboxylic acids is 1. The lowest BCUT2D eigenvalue weighted by Gasteiger charge is -2.28. The maximum atomic E-state index is 13.2. The maximum absolute atomic E-state index is 13.2. The Morgan fingerprint density at radius 3 is 1.72 bits per heavy atom. The molecule has 0 aromatic heterocycles. The molecule has 0 aliphatic rings. The number of guanidine groups is 1. The fourth-order valence-corrected chi connectivity index (χ4v) is 3.54. The van der Waals surface area contributed by atoms with E-state index in [1.54, 1.807) is 6.92 Å². The molecule has 3 amide bonds. The van der Waals surface area contributed by atoms with E-state index in [0.717, 1.165) is 0 Å². The molecule has 36 heavy (non-hydrogen) atoms. The van der Waals surface area contributed by atoms with E-state index in [1.165, 1.54) is 0 Å². The quantitative estimate of drug-likeness (QED) is 0.0798. The lowest BCUT2D eigenvalue weighted by molar-refractivity contribution is -0.144. The first-order valence-electron chi connectivity index (χ1n) is 12.6. The summed E-state index contributed by atoms with van der Waals surface area (Å²) >= 11 is 0. The van der Waals surface area contributed by atoms with Gasteiger partial charge < -0.3 is 38.3 Å². The first-order valence-corrected chi connectivity index (χ1v) is 12.6. The van der Waals surface area contributed by atoms with Gasteiger partial charge in [-0.15, -0.1) is 0 Å². The van der Waals surface area contributed by atoms with Crippen molar-refractivity contribution < 1.29 is 24.3 Å². The second-order valence-electron chi connectivity index (χ2n) is 10.1. The molecular formula is C24H47N7O5. The monoisotopic (exact) mass is 513 g/mol. The van der Waals surface area contributed by atoms with Crippen LogP contribution in [0.5, 0.6) is 0 Å². The van der Waals surface area contributed by atoms with Gasteiger partial charge in [0.15, 0.2) is 5.96 Å². The van der Waals surface area contributed by atoms with E-state index in [4.69, 9.17) is 17.2 Å². The first kappa shape index (κ1) is 33.1. The number of nitrogens with one attached hydrogen (secondary N) is 3. The van der Waals surface area contributed by atoms with Crippen LogP contribution in [0.15, 0.2) is 4.99 Å². The zero-order valence-corrected chi connectivity index (χ0v) is 22.5. The number of nitrogens with two attached hydrogens (primary N) is 3. The molecule has 0 saturated heterocycles. The number of carboxylic acid groups (broad SMARTS) is 1. The lowest BCUT2D eigenvalue weighted by atomic mass is 9.97. The van der Waals surface area contributed by atoms with Crippen LogP contribution in [0.4, 0.5) is 0 Å². The van der Waals surface area contributed by atoms with Crippen molar-refractivity contribution in [3.8, 4) is 0 Å². The molecule has 0 fully saturated rings. The molecule has 0 rings (SSSR count). The Morgan fingerprint density at radius 2 is 1.31 bits per heavy atom. The van der Waals surface area contributed by atoms with Crippen LogP contribution in [-0.2, 0) is 19.2 Å². The minimum absolute atomic E-state index is 0.0412. The highest BCUT2D eigenvalue weighted by molar-refractivity contribution is 5.94. The smallest absolute Gasteiger partial charge is 0.326 e. The third-order valence-corrected chi connectivity index (χ3v) is 5.76. The topological polar surface area (TPSA) is 215 Å². The number of carbonyl (C=O) groups excluding carboxylic acids is 3. The Hall–Kier alpha value is -2.89. The number of aliphatic imine (C=N–C) groups is 1. The third kappa shape index (κ3) is 13.3. The maximum Gasteiger partial charge on any atom is 0.326 e. The van der Waals surface area contributed by atoms with Crippen molar-refractivity contribution in [1.82, 2.24) is 16.0 Å². The summed E-state index contributed by atoms with van der Waals surface area (Å²) in [4.78, 5) is 54.3. The Bertz CT molecular complexity index is 753. The largest absolute Gasteiger partial charge is 0.480 e. The van der Waals surface area contributed by atoms with Gasteiger partial charge in [0.25, 0.3) is 0 Å². The predicted molar refractivity (Wildman–Crippen MR) is 140 cm³/mol. The summed E-state index contributed by atoms with van der Waals surface area (Å²) in [6, 6.07) is -3.79. The second kappa shape index (κ2) is 16.7. The minimum Gasteiger partial charge on any atom is -0.480 e. The summed E-state index contributed by atoms with van der Waals surface area (Å²) in [5, 5.41) is 17.5. The number of carbonyl (C=O) groups is 4. The van der Waals surface area contributed by atoms with E-state index in [2.05, 4.69) is 20.9 Å². The van der Waals surface area contributed by atoms with Gasteiger partial charge in [0, 0.05) is 6.54 Å². The van der Waals surface area contributed by atoms with Gasteiger partial charge in [-0.05, 0) is 43.4 Å². The molecule has 0 heterocycles. The number of aliphatic carboxylic acids is 1. The van der Waals surface area contributed by atoms with E-state index in [0.29, 0.717) is 38.6 Å². The van der Waals surface area contributed by atoms with Gasteiger partial charge in [-0.1, -0.05) is 48.0 Å². The molecule has 10 N–H and O–H groups in total. The Morgan fingerprint density at radius 1 is 0.833 bits per heavy atom. The molecule has 208 valence electrons. The zero-order valence-electron chi connectivity index (χ0n) is 22.5. The first-order chi connectivity index (χ1) is 16.7. The van der Waals surface area contributed by atoms with Gasteiger partial charge in [0.2, 0.25) is 17.7 Å². The number of hydrogen-bond acceptors (Lipinski definition) is 6. The van der Waals surface area contributed by atoms with Crippen molar-refractivity contribution >= 4 is 29.7 Å². The normalized spacial score (nSPS) is 15.4. The molecule has 0 spiro atoms. The van der Waals surface area contributed by atoms with E-state index < -0.39 is 47.9 Å². The van der Waals surface area contributed by atoms with Crippen molar-refractivity contribution in [2.75, 3.05) is 6.54 Å². The van der Waals surface area contributed by atoms with Crippen LogP contribution in [0.2, 0.25) is 0 Å². The van der Waals surface area contributed by atoms with Crippen molar-refractivity contribution in [2.45, 2.75) is 97.8 Å². The number of hydrogen-bond donors (Lipinski definition) is 7. The molecule has 0 aliphatic carbocycles. The van der Waals surface area contributed by atoms with Crippen LogP contribution < -0.4 is 33.2 Å². The number of amides is 3. The van der Waals surface area contributed by atoms with Crippen LogP contribution in [-0.4, -0.2) is 65.5 Å². The van der Waals surface area contributed by atoms with E-state index in [1.807, 2.05) is 34.6 Å². The molecule has 0 aromatic carbocycles. The van der Waals surface area contributed by atoms with Gasteiger partial charge in [-0.3, -0.25) is 19.4 Å². The Labute approximate surface area is 214 Å². The highest BCUT2D eigenvalue weighted by atomic mass is 16.4. The van der Waals surface area contributed by atoms with Crippen LogP contribution in [0, 0.1) is 17.8 Å². The highest BCUT2D eigenvalue weighted by Crippen LogP contribution is 2.12. The van der Waals surface area contributed by atoms with E-state index in [9.17, 15) is 24.3 Å². The zero-order chi connectivity index (χ0) is 28.0. The van der Waals surface area contributed by atoms with E-state index >= 15 is 0 Å². The molecule has 0 aliphatic heterocycles. The summed E-state index contributed by atoms with van der Waals surface area (Å²) in [6.45, 7) is 11.5. The fourth-order valence-electron chi connectivity index (χ4n) is 3.54. The van der Waals surface area contributed by atoms with Gasteiger partial charge >= 0.3 is 5.97 Å². The standard InChI is InChI=1S/C24H47N7O5/c1-7-15(6)19(23(35)36)31-22(34)18(12-14(4)5)30-21(33)17(11-13(2)3)29-20(32)16(25)9-8-10-28-24(26)27/h13-19H,7-12,25H2,1-6H3,(H,29,32)(H,30,33)(H,31,34)(H,35,36)(H4,26,27,28). The van der Waals surface area contributed by atoms with Crippen LogP contribution in [0.25, 0.3) is 0 Å². The van der Waals surface area contributed by atoms with Gasteiger partial charge in [0.05, 0.1) is 6.04 Å². The van der Waals surface area contributed by atoms with Crippen molar-refractivity contribution in [3.05, 3.63) is 0 Å². The average Bonchev–Trinajstić information content (AvgIpc) is 2.77. The summed E-state index contributed by atoms with van der Waals surface area (Å²) in [7, 11) is 0. The summed E-state index contributed by atoms with van der Waals surface area (Å²) in [5.41, 5.74) is 16.5. The van der Waals surface area contributed by atoms with E-state index in [-0.39, 0.29) is 23.7 Å². The summed E-state index contributed by atoms with van der Waals surface area (Å²) in [6.07, 6.45) is 2.01. The number of nitrogens with zero attached hydrogens (tertiary/aromatic N) is 1. The van der Waals surface area contributed by atoms with Crippen molar-refractivity contribution in [3.63, 3.8) is 0 Å². The summed E-state index contributed by atoms with van der Waals surface area (Å²) in [5.74, 6) is -2.94. The van der Waals surface area contributed by atoms with Gasteiger partial charge in [-0.2, -0.15) is 0 Å². The average molecular weight is 514 g/mol. The van der Waals surface area contributed by atoms with Crippen LogP contribution >= 0.6 is 0 Å². The molecule has 5 unspecified atom stereocenters. The Kier molecular flexibility index (Phi) is 15.4. The second-order valence-corrected chi connectivity index (χ2v) is 10.1. The molecule has 12 nitrogen and oxygen atoms in total. The van der Waals surface area contributed by atoms with Crippen LogP contribution in [0.3, 0.4) is 0 Å². The highest BCUT2D eigenvalue weighted by Gasteiger charge is 2.32. The minimum atomic E-state index is -1.13. The molecular weight excluding hydrogens is 466 g/mol. The molecule has 5 atom stereocenters. The molecule has 12 heteroatoms. The summed E-state index contributed by atoms with van der Waals surface area (Å²) < 4.78 is 0. The molecule has 0 saturated carbocycles. The number of rotatable bonds is 17. The Balaban J connectivity index is 5.45. The molecule has 0 radical (unpaired) electrons. The third-order valence-electron chi connectivity index (χ3n) is 5.76. The molecule has 0 bridgehead atoms. The fraction of sp³-hybridized carbons (Fsp3) is 0.792. The predicted octanol–water partition coefficient (Wildman–Crippen LogP) is 0.0446. The van der Waals surface area contributed by atoms with Crippen molar-refractivity contribution in [2.24, 2.45) is 39.9 Å². The SMILES string of the molecule is CCC(C)C(NC(=O)C(CC(C)C)NC(=O)C(CC(C)C)NC(=O)C(N)CCCN=C(N)N)C(=O)O. The van der Waals surface area contributed by atoms with Crippen molar-refractivity contribution in [1.29, 1.82) is 0 Å². The van der Waals surface area contributed by atoms with Gasteiger partial charge in [-0.25, -0.2) is 4.79 Å². The lowest BCUT2D eigenvalue weighted by Crippen LogP contribution is -2.58. The van der Waals surface area contributed by atoms with Gasteiger partial charge in [0.1, 0.15) is 18.1 Å². The molecule has 0 aromatic rings.